The van der Waals surface area contributed by atoms with Gasteiger partial charge in [-0.05, 0) is 25.7 Å². The van der Waals surface area contributed by atoms with Gasteiger partial charge in [0.2, 0.25) is 5.91 Å². The van der Waals surface area contributed by atoms with Gasteiger partial charge >= 0.3 is 0 Å². The number of carbonyl (C=O) groups excluding carboxylic acids is 1. The summed E-state index contributed by atoms with van der Waals surface area (Å²) >= 11 is 0. The lowest BCUT2D eigenvalue weighted by molar-refractivity contribution is -0.128. The smallest absolute Gasteiger partial charge is 0.246 e. The molecule has 0 spiro atoms. The maximum atomic E-state index is 11.5. The van der Waals surface area contributed by atoms with Crippen molar-refractivity contribution in [3.63, 3.8) is 0 Å². The molecule has 0 rings (SSSR count). The van der Waals surface area contributed by atoms with Crippen molar-refractivity contribution in [1.82, 2.24) is 5.32 Å². The van der Waals surface area contributed by atoms with Gasteiger partial charge in [-0.1, -0.05) is 20.8 Å². The van der Waals surface area contributed by atoms with Gasteiger partial charge in [0.05, 0.1) is 6.10 Å². The Bertz CT molecular complexity index is 195. The summed E-state index contributed by atoms with van der Waals surface area (Å²) < 4.78 is 5.34. The molecule has 0 aromatic rings. The molecule has 1 amide bonds. The Morgan fingerprint density at radius 1 is 1.38 bits per heavy atom. The molecular weight excluding hydrogens is 206 g/mol. The number of aliphatic hydroxyl groups is 1. The van der Waals surface area contributed by atoms with Gasteiger partial charge in [0.1, 0.15) is 6.61 Å². The van der Waals surface area contributed by atoms with Gasteiger partial charge in [-0.25, -0.2) is 0 Å². The molecule has 0 aliphatic carbocycles. The molecular formula is C12H25NO3. The zero-order chi connectivity index (χ0) is 12.6. The van der Waals surface area contributed by atoms with Crippen molar-refractivity contribution in [2.45, 2.75) is 52.7 Å². The van der Waals surface area contributed by atoms with Crippen LogP contribution in [0.2, 0.25) is 0 Å². The third-order valence-corrected chi connectivity index (χ3v) is 2.67. The minimum Gasteiger partial charge on any atom is -0.396 e. The van der Waals surface area contributed by atoms with Crippen molar-refractivity contribution in [3.8, 4) is 0 Å². The number of rotatable bonds is 8. The maximum absolute atomic E-state index is 11.5. The van der Waals surface area contributed by atoms with E-state index in [0.717, 1.165) is 6.42 Å². The fourth-order valence-corrected chi connectivity index (χ4v) is 1.30. The molecule has 0 fully saturated rings. The minimum absolute atomic E-state index is 0.0260. The number of amides is 1. The molecule has 0 aromatic carbocycles. The highest BCUT2D eigenvalue weighted by molar-refractivity contribution is 5.77. The highest BCUT2D eigenvalue weighted by atomic mass is 16.5. The van der Waals surface area contributed by atoms with E-state index < -0.39 is 0 Å². The first-order valence-corrected chi connectivity index (χ1v) is 6.03. The van der Waals surface area contributed by atoms with E-state index in [-0.39, 0.29) is 31.3 Å². The van der Waals surface area contributed by atoms with Crippen molar-refractivity contribution < 1.29 is 14.6 Å². The molecule has 0 radical (unpaired) electrons. The van der Waals surface area contributed by atoms with Crippen LogP contribution in [0.1, 0.15) is 40.5 Å². The van der Waals surface area contributed by atoms with E-state index in [0.29, 0.717) is 12.3 Å². The first-order valence-electron chi connectivity index (χ1n) is 6.03. The van der Waals surface area contributed by atoms with E-state index in [1.165, 1.54) is 0 Å². The van der Waals surface area contributed by atoms with E-state index in [4.69, 9.17) is 9.84 Å². The lowest BCUT2D eigenvalue weighted by Gasteiger charge is -2.22. The third-order valence-electron chi connectivity index (χ3n) is 2.67. The number of aliphatic hydroxyl groups excluding tert-OH is 1. The Kier molecular flexibility index (Phi) is 8.21. The van der Waals surface area contributed by atoms with Crippen LogP contribution in [0, 0.1) is 5.92 Å². The quantitative estimate of drug-likeness (QED) is 0.662. The van der Waals surface area contributed by atoms with E-state index in [2.05, 4.69) is 5.32 Å². The summed E-state index contributed by atoms with van der Waals surface area (Å²) in [6.07, 6.45) is 1.60. The molecule has 4 heteroatoms. The molecule has 4 nitrogen and oxygen atoms in total. The van der Waals surface area contributed by atoms with Crippen LogP contribution in [-0.4, -0.2) is 36.4 Å². The Labute approximate surface area is 98.4 Å². The van der Waals surface area contributed by atoms with Crippen LogP contribution < -0.4 is 5.32 Å². The molecule has 0 saturated heterocycles. The Morgan fingerprint density at radius 2 is 2.00 bits per heavy atom. The van der Waals surface area contributed by atoms with Gasteiger partial charge in [0.25, 0.3) is 0 Å². The highest BCUT2D eigenvalue weighted by Crippen LogP contribution is 2.05. The SMILES string of the molecule is CCC(C)OCC(=O)NC(CCO)C(C)C. The van der Waals surface area contributed by atoms with Crippen LogP contribution in [0.3, 0.4) is 0 Å². The number of hydrogen-bond donors (Lipinski definition) is 2. The lowest BCUT2D eigenvalue weighted by Crippen LogP contribution is -2.41. The number of nitrogens with one attached hydrogen (secondary N) is 1. The number of ether oxygens (including phenoxy) is 1. The number of hydrogen-bond acceptors (Lipinski definition) is 3. The zero-order valence-electron chi connectivity index (χ0n) is 10.8. The largest absolute Gasteiger partial charge is 0.396 e. The Balaban J connectivity index is 3.90. The molecule has 0 saturated carbocycles. The van der Waals surface area contributed by atoms with E-state index >= 15 is 0 Å². The van der Waals surface area contributed by atoms with Crippen molar-refractivity contribution in [2.75, 3.05) is 13.2 Å². The molecule has 0 aliphatic rings. The molecule has 0 heterocycles. The van der Waals surface area contributed by atoms with Crippen LogP contribution in [0.5, 0.6) is 0 Å². The second kappa shape index (κ2) is 8.53. The van der Waals surface area contributed by atoms with Crippen LogP contribution in [0.15, 0.2) is 0 Å². The molecule has 2 atom stereocenters. The number of carbonyl (C=O) groups is 1. The molecule has 0 bridgehead atoms. The van der Waals surface area contributed by atoms with Crippen LogP contribution in [-0.2, 0) is 9.53 Å². The monoisotopic (exact) mass is 231 g/mol. The molecule has 0 aliphatic heterocycles. The summed E-state index contributed by atoms with van der Waals surface area (Å²) in [5.74, 6) is 0.215. The van der Waals surface area contributed by atoms with E-state index in [9.17, 15) is 4.79 Å². The standard InChI is InChI=1S/C12H25NO3/c1-5-10(4)16-8-12(15)13-11(6-7-14)9(2)3/h9-11,14H,5-8H2,1-4H3,(H,13,15). The molecule has 2 N–H and O–H groups in total. The Morgan fingerprint density at radius 3 is 2.44 bits per heavy atom. The summed E-state index contributed by atoms with van der Waals surface area (Å²) in [5.41, 5.74) is 0. The fourth-order valence-electron chi connectivity index (χ4n) is 1.30. The molecule has 0 aromatic heterocycles. The first-order chi connectivity index (χ1) is 7.51. The molecule has 96 valence electrons. The summed E-state index contributed by atoms with van der Waals surface area (Å²) in [6.45, 7) is 8.21. The summed E-state index contributed by atoms with van der Waals surface area (Å²) in [7, 11) is 0. The topological polar surface area (TPSA) is 58.6 Å². The summed E-state index contributed by atoms with van der Waals surface area (Å²) in [6, 6.07) is 0.0260. The summed E-state index contributed by atoms with van der Waals surface area (Å²) in [5, 5.41) is 11.7. The van der Waals surface area contributed by atoms with Crippen LogP contribution in [0.4, 0.5) is 0 Å². The van der Waals surface area contributed by atoms with Gasteiger partial charge in [-0.2, -0.15) is 0 Å². The van der Waals surface area contributed by atoms with Gasteiger partial charge in [-0.3, -0.25) is 4.79 Å². The lowest BCUT2D eigenvalue weighted by atomic mass is 10.0. The van der Waals surface area contributed by atoms with Crippen molar-refractivity contribution >= 4 is 5.91 Å². The predicted octanol–water partition coefficient (Wildman–Crippen LogP) is 1.32. The van der Waals surface area contributed by atoms with Gasteiger partial charge < -0.3 is 15.2 Å². The molecule has 2 unspecified atom stereocenters. The first kappa shape index (κ1) is 15.4. The van der Waals surface area contributed by atoms with Crippen molar-refractivity contribution in [3.05, 3.63) is 0 Å². The van der Waals surface area contributed by atoms with Gasteiger partial charge in [0, 0.05) is 12.6 Å². The van der Waals surface area contributed by atoms with E-state index in [1.807, 2.05) is 27.7 Å². The van der Waals surface area contributed by atoms with Gasteiger partial charge in [0.15, 0.2) is 0 Å². The Hall–Kier alpha value is -0.610. The highest BCUT2D eigenvalue weighted by Gasteiger charge is 2.15. The van der Waals surface area contributed by atoms with E-state index in [1.54, 1.807) is 0 Å². The van der Waals surface area contributed by atoms with Crippen LogP contribution >= 0.6 is 0 Å². The second-order valence-corrected chi connectivity index (χ2v) is 4.46. The third kappa shape index (κ3) is 6.80. The normalized spacial score (nSPS) is 14.9. The van der Waals surface area contributed by atoms with Crippen LogP contribution in [0.25, 0.3) is 0 Å². The van der Waals surface area contributed by atoms with Gasteiger partial charge in [-0.15, -0.1) is 0 Å². The van der Waals surface area contributed by atoms with Crippen molar-refractivity contribution in [2.24, 2.45) is 5.92 Å². The zero-order valence-corrected chi connectivity index (χ0v) is 10.8. The second-order valence-electron chi connectivity index (χ2n) is 4.46. The van der Waals surface area contributed by atoms with Crippen molar-refractivity contribution in [1.29, 1.82) is 0 Å². The predicted molar refractivity (Wildman–Crippen MR) is 64.2 cm³/mol. The average Bonchev–Trinajstić information content (AvgIpc) is 2.25. The maximum Gasteiger partial charge on any atom is 0.246 e. The summed E-state index contributed by atoms with van der Waals surface area (Å²) in [4.78, 5) is 11.5. The fraction of sp³-hybridized carbons (Fsp3) is 0.917. The average molecular weight is 231 g/mol. The minimum atomic E-state index is -0.104. The molecule has 16 heavy (non-hydrogen) atoms.